The number of aromatic nitrogens is 2. The van der Waals surface area contributed by atoms with E-state index in [0.29, 0.717) is 35.8 Å². The fourth-order valence-corrected chi connectivity index (χ4v) is 5.32. The number of nitrogens with zero attached hydrogens (tertiary/aromatic N) is 3. The Balaban J connectivity index is 1.54. The molecule has 164 valence electrons. The topological polar surface area (TPSA) is 124 Å². The molecule has 1 aliphatic heterocycles. The minimum atomic E-state index is -3.88. The van der Waals surface area contributed by atoms with Crippen LogP contribution in [0.3, 0.4) is 0 Å². The van der Waals surface area contributed by atoms with Gasteiger partial charge in [0.25, 0.3) is 10.0 Å². The maximum Gasteiger partial charge on any atom is 0.311 e. The number of thiophene rings is 1. The predicted octanol–water partition coefficient (Wildman–Crippen LogP) is 2.85. The maximum absolute atomic E-state index is 12.8. The monoisotopic (exact) mass is 464 g/mol. The lowest BCUT2D eigenvalue weighted by Gasteiger charge is -2.11. The zero-order valence-electron chi connectivity index (χ0n) is 16.8. The molecule has 31 heavy (non-hydrogen) atoms. The first-order valence-corrected chi connectivity index (χ1v) is 11.7. The highest BCUT2D eigenvalue weighted by atomic mass is 32.2. The summed E-state index contributed by atoms with van der Waals surface area (Å²) >= 11 is 0.997. The van der Waals surface area contributed by atoms with Gasteiger partial charge in [-0.1, -0.05) is 0 Å². The molecular weight excluding hydrogens is 444 g/mol. The van der Waals surface area contributed by atoms with E-state index < -0.39 is 10.0 Å². The van der Waals surface area contributed by atoms with Crippen LogP contribution in [-0.2, 0) is 10.0 Å². The number of likely N-dealkylation sites (tertiary alicyclic amines) is 1. The van der Waals surface area contributed by atoms with Gasteiger partial charge in [-0.25, -0.2) is 8.42 Å². The Labute approximate surface area is 182 Å². The Kier molecular flexibility index (Phi) is 5.83. The second kappa shape index (κ2) is 8.55. The van der Waals surface area contributed by atoms with Crippen LogP contribution in [0.4, 0.5) is 5.69 Å². The van der Waals surface area contributed by atoms with Gasteiger partial charge in [0.2, 0.25) is 5.89 Å². The second-order valence-electron chi connectivity index (χ2n) is 6.77. The molecule has 1 N–H and O–H groups in total. The van der Waals surface area contributed by atoms with Crippen molar-refractivity contribution in [1.29, 1.82) is 0 Å². The second-order valence-corrected chi connectivity index (χ2v) is 9.59. The molecule has 0 bridgehead atoms. The van der Waals surface area contributed by atoms with Crippen LogP contribution in [0.5, 0.6) is 11.5 Å². The number of sulfonamides is 1. The van der Waals surface area contributed by atoms with Gasteiger partial charge in [-0.05, 0) is 18.9 Å². The van der Waals surface area contributed by atoms with Crippen LogP contribution >= 0.6 is 11.3 Å². The molecule has 0 unspecified atom stereocenters. The number of nitrogens with one attached hydrogen (secondary N) is 1. The van der Waals surface area contributed by atoms with Crippen molar-refractivity contribution >= 4 is 33.0 Å². The van der Waals surface area contributed by atoms with Crippen molar-refractivity contribution in [3.8, 4) is 23.0 Å². The van der Waals surface area contributed by atoms with E-state index in [-0.39, 0.29) is 21.9 Å². The molecule has 1 aromatic carbocycles. The largest absolute Gasteiger partial charge is 0.497 e. The molecule has 4 rings (SSSR count). The first-order chi connectivity index (χ1) is 14.9. The van der Waals surface area contributed by atoms with Crippen LogP contribution in [0.15, 0.2) is 38.3 Å². The Morgan fingerprint density at radius 1 is 1.10 bits per heavy atom. The van der Waals surface area contributed by atoms with Gasteiger partial charge >= 0.3 is 11.8 Å². The van der Waals surface area contributed by atoms with Gasteiger partial charge in [-0.3, -0.25) is 9.52 Å². The molecule has 1 amide bonds. The van der Waals surface area contributed by atoms with E-state index in [4.69, 9.17) is 13.9 Å². The van der Waals surface area contributed by atoms with Crippen molar-refractivity contribution in [2.45, 2.75) is 17.1 Å². The minimum absolute atomic E-state index is 0.0508. The van der Waals surface area contributed by atoms with Gasteiger partial charge in [0.15, 0.2) is 0 Å². The molecule has 10 nitrogen and oxygen atoms in total. The van der Waals surface area contributed by atoms with Crippen molar-refractivity contribution < 1.29 is 27.1 Å². The van der Waals surface area contributed by atoms with Crippen LogP contribution in [0, 0.1) is 0 Å². The number of hydrogen-bond acceptors (Lipinski definition) is 9. The lowest BCUT2D eigenvalue weighted by molar-refractivity contribution is 0.0754. The summed E-state index contributed by atoms with van der Waals surface area (Å²) in [6.07, 6.45) is 1.90. The zero-order valence-corrected chi connectivity index (χ0v) is 18.5. The van der Waals surface area contributed by atoms with E-state index in [2.05, 4.69) is 14.9 Å². The van der Waals surface area contributed by atoms with Crippen molar-refractivity contribution in [2.24, 2.45) is 0 Å². The van der Waals surface area contributed by atoms with Gasteiger partial charge in [0, 0.05) is 36.7 Å². The van der Waals surface area contributed by atoms with Gasteiger partial charge in [0.05, 0.1) is 25.5 Å². The van der Waals surface area contributed by atoms with E-state index in [1.54, 1.807) is 28.5 Å². The average Bonchev–Trinajstić information content (AvgIpc) is 3.53. The van der Waals surface area contributed by atoms with Crippen molar-refractivity contribution in [1.82, 2.24) is 15.1 Å². The van der Waals surface area contributed by atoms with Crippen LogP contribution in [-0.4, -0.2) is 56.7 Å². The Bertz CT molecular complexity index is 1180. The van der Waals surface area contributed by atoms with Gasteiger partial charge < -0.3 is 18.8 Å². The van der Waals surface area contributed by atoms with E-state index in [1.807, 2.05) is 0 Å². The van der Waals surface area contributed by atoms with Gasteiger partial charge in [-0.15, -0.1) is 21.5 Å². The minimum Gasteiger partial charge on any atom is -0.497 e. The number of ether oxygens (including phenoxy) is 2. The summed E-state index contributed by atoms with van der Waals surface area (Å²) in [5.41, 5.74) is 0.712. The van der Waals surface area contributed by atoms with Crippen LogP contribution in [0.25, 0.3) is 11.5 Å². The lowest BCUT2D eigenvalue weighted by Crippen LogP contribution is -2.27. The van der Waals surface area contributed by atoms with Crippen LogP contribution in [0.2, 0.25) is 0 Å². The maximum atomic E-state index is 12.8. The third kappa shape index (κ3) is 4.49. The third-order valence-electron chi connectivity index (χ3n) is 4.69. The first kappa shape index (κ1) is 21.1. The molecule has 12 heteroatoms. The highest BCUT2D eigenvalue weighted by Crippen LogP contribution is 2.31. The molecule has 0 saturated carbocycles. The number of carbonyl (C=O) groups is 1. The number of hydrogen-bond donors (Lipinski definition) is 1. The van der Waals surface area contributed by atoms with E-state index in [1.165, 1.54) is 20.3 Å². The number of carbonyl (C=O) groups excluding carboxylic acids is 1. The molecule has 2 aromatic heterocycles. The summed E-state index contributed by atoms with van der Waals surface area (Å²) in [6.45, 7) is 1.33. The smallest absolute Gasteiger partial charge is 0.311 e. The number of anilines is 1. The molecule has 1 fully saturated rings. The quantitative estimate of drug-likeness (QED) is 0.566. The molecular formula is C19H20N4O6S2. The molecule has 0 atom stereocenters. The summed E-state index contributed by atoms with van der Waals surface area (Å²) < 4.78 is 44.0. The standard InChI is InChI=1S/C19H20N4O6S2/c1-27-14-8-13(9-15(10-14)28-2)22-31(25,26)16-7-12(11-30-16)17-20-21-18(29-17)19(24)23-5-3-4-6-23/h7-11,22H,3-6H2,1-2H3. The normalized spacial score (nSPS) is 13.9. The van der Waals surface area contributed by atoms with E-state index >= 15 is 0 Å². The molecule has 0 spiro atoms. The molecule has 1 aliphatic rings. The molecule has 0 aliphatic carbocycles. The Hall–Kier alpha value is -3.12. The number of rotatable bonds is 7. The predicted molar refractivity (Wildman–Crippen MR) is 113 cm³/mol. The highest BCUT2D eigenvalue weighted by Gasteiger charge is 2.26. The summed E-state index contributed by atoms with van der Waals surface area (Å²) in [5.74, 6) is 0.570. The summed E-state index contributed by atoms with van der Waals surface area (Å²) in [7, 11) is -0.925. The number of benzene rings is 1. The summed E-state index contributed by atoms with van der Waals surface area (Å²) in [4.78, 5) is 14.0. The average molecular weight is 465 g/mol. The molecule has 0 radical (unpaired) electrons. The summed E-state index contributed by atoms with van der Waals surface area (Å²) in [5, 5.41) is 9.30. The number of amides is 1. The van der Waals surface area contributed by atoms with Crippen molar-refractivity contribution in [2.75, 3.05) is 32.0 Å². The van der Waals surface area contributed by atoms with Crippen molar-refractivity contribution in [3.63, 3.8) is 0 Å². The van der Waals surface area contributed by atoms with Gasteiger partial charge in [0.1, 0.15) is 15.7 Å². The number of methoxy groups -OCH3 is 2. The Morgan fingerprint density at radius 2 is 1.77 bits per heavy atom. The van der Waals surface area contributed by atoms with E-state index in [9.17, 15) is 13.2 Å². The molecule has 3 heterocycles. The third-order valence-corrected chi connectivity index (χ3v) is 7.51. The zero-order chi connectivity index (χ0) is 22.0. The van der Waals surface area contributed by atoms with Crippen LogP contribution < -0.4 is 14.2 Å². The highest BCUT2D eigenvalue weighted by molar-refractivity contribution is 7.94. The lowest BCUT2D eigenvalue weighted by atomic mass is 10.3. The first-order valence-electron chi connectivity index (χ1n) is 9.37. The molecule has 3 aromatic rings. The summed E-state index contributed by atoms with van der Waals surface area (Å²) in [6, 6.07) is 6.14. The fourth-order valence-electron chi connectivity index (χ4n) is 3.12. The molecule has 1 saturated heterocycles. The van der Waals surface area contributed by atoms with E-state index in [0.717, 1.165) is 24.2 Å². The SMILES string of the molecule is COc1cc(NS(=O)(=O)c2cc(-c3nnc(C(=O)N4CCCC4)o3)cs2)cc(OC)c1. The van der Waals surface area contributed by atoms with Crippen LogP contribution in [0.1, 0.15) is 23.5 Å². The van der Waals surface area contributed by atoms with Crippen molar-refractivity contribution in [3.05, 3.63) is 35.5 Å². The van der Waals surface area contributed by atoms with Gasteiger partial charge in [-0.2, -0.15) is 0 Å². The Morgan fingerprint density at radius 3 is 2.42 bits per heavy atom. The fraction of sp³-hybridized carbons (Fsp3) is 0.316.